The molecular weight excluding hydrogens is 434 g/mol. The Bertz CT molecular complexity index is 969. The predicted molar refractivity (Wildman–Crippen MR) is 124 cm³/mol. The summed E-state index contributed by atoms with van der Waals surface area (Å²) in [6, 6.07) is 8.71. The number of amides is 1. The number of benzene rings is 1. The van der Waals surface area contributed by atoms with Crippen LogP contribution >= 0.6 is 11.3 Å². The first-order valence-corrected chi connectivity index (χ1v) is 12.9. The van der Waals surface area contributed by atoms with Gasteiger partial charge in [-0.3, -0.25) is 9.69 Å². The normalized spacial score (nSPS) is 15.4. The Morgan fingerprint density at radius 2 is 1.97 bits per heavy atom. The van der Waals surface area contributed by atoms with Gasteiger partial charge in [-0.1, -0.05) is 12.5 Å². The zero-order chi connectivity index (χ0) is 22.4. The molecule has 31 heavy (non-hydrogen) atoms. The monoisotopic (exact) mass is 465 g/mol. The van der Waals surface area contributed by atoms with Crippen molar-refractivity contribution in [1.29, 1.82) is 0 Å². The molecule has 1 aromatic carbocycles. The van der Waals surface area contributed by atoms with Crippen molar-refractivity contribution in [3.8, 4) is 5.75 Å². The molecule has 1 aromatic heterocycles. The number of piperidine rings is 1. The summed E-state index contributed by atoms with van der Waals surface area (Å²) in [6.45, 7) is 5.69. The second-order valence-corrected chi connectivity index (χ2v) is 11.1. The number of rotatable bonds is 9. The number of carbonyl (C=O) groups is 1. The molecule has 0 saturated carbocycles. The van der Waals surface area contributed by atoms with Crippen molar-refractivity contribution in [2.45, 2.75) is 50.7 Å². The van der Waals surface area contributed by atoms with E-state index in [1.165, 1.54) is 15.2 Å². The number of hydrogen-bond donors (Lipinski definition) is 1. The summed E-state index contributed by atoms with van der Waals surface area (Å²) in [5.74, 6) is 0.238. The minimum atomic E-state index is -3.61. The molecule has 1 N–H and O–H groups in total. The maximum atomic E-state index is 13.1. The predicted octanol–water partition coefficient (Wildman–Crippen LogP) is 3.78. The summed E-state index contributed by atoms with van der Waals surface area (Å²) in [6.07, 6.45) is 2.68. The van der Waals surface area contributed by atoms with E-state index in [1.807, 2.05) is 43.3 Å². The fourth-order valence-electron chi connectivity index (χ4n) is 3.54. The minimum Gasteiger partial charge on any atom is -0.489 e. The molecule has 0 spiro atoms. The molecule has 7 nitrogen and oxygen atoms in total. The molecule has 9 heteroatoms. The highest BCUT2D eigenvalue weighted by Gasteiger charge is 2.27. The number of thiophene rings is 1. The zero-order valence-electron chi connectivity index (χ0n) is 18.3. The fraction of sp³-hybridized carbons (Fsp3) is 0.500. The van der Waals surface area contributed by atoms with Crippen LogP contribution in [-0.2, 0) is 21.4 Å². The van der Waals surface area contributed by atoms with E-state index in [0.717, 1.165) is 19.3 Å². The molecule has 0 bridgehead atoms. The molecule has 0 aliphatic carbocycles. The average Bonchev–Trinajstić information content (AvgIpc) is 3.22. The molecule has 1 saturated heterocycles. The first-order valence-electron chi connectivity index (χ1n) is 10.6. The molecule has 0 unspecified atom stereocenters. The molecule has 0 atom stereocenters. The van der Waals surface area contributed by atoms with Crippen molar-refractivity contribution in [1.82, 2.24) is 9.21 Å². The van der Waals surface area contributed by atoms with E-state index in [9.17, 15) is 13.2 Å². The SMILES string of the molecule is CC(C)Oc1ccc(S(=O)(=O)N2CCCCC2)cc1NC(=O)CN(C)Cc1cccs1. The Morgan fingerprint density at radius 1 is 1.23 bits per heavy atom. The van der Waals surface area contributed by atoms with E-state index >= 15 is 0 Å². The van der Waals surface area contributed by atoms with Gasteiger partial charge in [0.2, 0.25) is 15.9 Å². The molecule has 1 aliphatic rings. The van der Waals surface area contributed by atoms with Gasteiger partial charge in [-0.25, -0.2) is 8.42 Å². The molecule has 0 radical (unpaired) electrons. The number of likely N-dealkylation sites (N-methyl/N-ethyl adjacent to an activating group) is 1. The highest BCUT2D eigenvalue weighted by Crippen LogP contribution is 2.31. The van der Waals surface area contributed by atoms with Gasteiger partial charge in [0.1, 0.15) is 5.75 Å². The van der Waals surface area contributed by atoms with Gasteiger partial charge in [0.15, 0.2) is 0 Å². The summed E-state index contributed by atoms with van der Waals surface area (Å²) in [5, 5.41) is 4.86. The van der Waals surface area contributed by atoms with Gasteiger partial charge in [-0.15, -0.1) is 11.3 Å². The van der Waals surface area contributed by atoms with Gasteiger partial charge < -0.3 is 10.1 Å². The molecule has 1 aliphatic heterocycles. The second-order valence-electron chi connectivity index (χ2n) is 8.09. The van der Waals surface area contributed by atoms with Gasteiger partial charge >= 0.3 is 0 Å². The van der Waals surface area contributed by atoms with Crippen LogP contribution in [-0.4, -0.2) is 56.3 Å². The van der Waals surface area contributed by atoms with E-state index in [1.54, 1.807) is 23.5 Å². The Kier molecular flexibility index (Phi) is 8.10. The molecule has 2 aromatic rings. The van der Waals surface area contributed by atoms with E-state index in [2.05, 4.69) is 5.32 Å². The Morgan fingerprint density at radius 3 is 2.61 bits per heavy atom. The standard InChI is InChI=1S/C22H31N3O4S2/c1-17(2)29-21-10-9-19(31(27,28)25-11-5-4-6-12-25)14-20(21)23-22(26)16-24(3)15-18-8-7-13-30-18/h7-10,13-14,17H,4-6,11-12,15-16H2,1-3H3,(H,23,26). The number of nitrogens with zero attached hydrogens (tertiary/aromatic N) is 2. The zero-order valence-corrected chi connectivity index (χ0v) is 20.0. The van der Waals surface area contributed by atoms with Crippen molar-refractivity contribution < 1.29 is 17.9 Å². The van der Waals surface area contributed by atoms with Gasteiger partial charge in [-0.05, 0) is 63.4 Å². The lowest BCUT2D eigenvalue weighted by Gasteiger charge is -2.26. The van der Waals surface area contributed by atoms with E-state index in [-0.39, 0.29) is 23.5 Å². The topological polar surface area (TPSA) is 79.0 Å². The molecule has 2 heterocycles. The smallest absolute Gasteiger partial charge is 0.243 e. The third-order valence-corrected chi connectivity index (χ3v) is 7.72. The number of nitrogens with one attached hydrogen (secondary N) is 1. The molecular formula is C22H31N3O4S2. The highest BCUT2D eigenvalue weighted by atomic mass is 32.2. The third-order valence-electron chi connectivity index (χ3n) is 4.96. The Hall–Kier alpha value is -1.94. The van der Waals surface area contributed by atoms with Gasteiger partial charge in [0, 0.05) is 24.5 Å². The van der Waals surface area contributed by atoms with Crippen molar-refractivity contribution in [3.05, 3.63) is 40.6 Å². The van der Waals surface area contributed by atoms with Crippen molar-refractivity contribution in [2.75, 3.05) is 32.0 Å². The fourth-order valence-corrected chi connectivity index (χ4v) is 5.87. The van der Waals surface area contributed by atoms with Crippen molar-refractivity contribution in [3.63, 3.8) is 0 Å². The number of sulfonamides is 1. The van der Waals surface area contributed by atoms with E-state index < -0.39 is 10.0 Å². The van der Waals surface area contributed by atoms with Crippen LogP contribution < -0.4 is 10.1 Å². The highest BCUT2D eigenvalue weighted by molar-refractivity contribution is 7.89. The van der Waals surface area contributed by atoms with Gasteiger partial charge in [0.05, 0.1) is 23.2 Å². The molecule has 170 valence electrons. The molecule has 1 amide bonds. The summed E-state index contributed by atoms with van der Waals surface area (Å²) >= 11 is 1.65. The second kappa shape index (κ2) is 10.6. The number of ether oxygens (including phenoxy) is 1. The molecule has 1 fully saturated rings. The Labute approximate surface area is 189 Å². The van der Waals surface area contributed by atoms with Crippen LogP contribution in [0, 0.1) is 0 Å². The van der Waals surface area contributed by atoms with Crippen LogP contribution in [0.15, 0.2) is 40.6 Å². The van der Waals surface area contributed by atoms with Crippen LogP contribution in [0.4, 0.5) is 5.69 Å². The number of anilines is 1. The van der Waals surface area contributed by atoms with Crippen LogP contribution in [0.1, 0.15) is 38.0 Å². The third kappa shape index (κ3) is 6.52. The largest absolute Gasteiger partial charge is 0.489 e. The summed E-state index contributed by atoms with van der Waals surface area (Å²) in [5.41, 5.74) is 0.376. The first kappa shape index (κ1) is 23.7. The summed E-state index contributed by atoms with van der Waals surface area (Å²) in [4.78, 5) is 16.0. The van der Waals surface area contributed by atoms with E-state index in [4.69, 9.17) is 4.74 Å². The van der Waals surface area contributed by atoms with Crippen LogP contribution in [0.2, 0.25) is 0 Å². The summed E-state index contributed by atoms with van der Waals surface area (Å²) < 4.78 is 33.5. The van der Waals surface area contributed by atoms with Crippen molar-refractivity contribution in [2.24, 2.45) is 0 Å². The van der Waals surface area contributed by atoms with Gasteiger partial charge in [0.25, 0.3) is 0 Å². The number of hydrogen-bond acceptors (Lipinski definition) is 6. The van der Waals surface area contributed by atoms with Crippen LogP contribution in [0.5, 0.6) is 5.75 Å². The first-order chi connectivity index (χ1) is 14.8. The Balaban J connectivity index is 1.77. The van der Waals surface area contributed by atoms with Crippen LogP contribution in [0.25, 0.3) is 0 Å². The van der Waals surface area contributed by atoms with E-state index in [0.29, 0.717) is 31.1 Å². The van der Waals surface area contributed by atoms with Gasteiger partial charge in [-0.2, -0.15) is 4.31 Å². The quantitative estimate of drug-likeness (QED) is 0.610. The lowest BCUT2D eigenvalue weighted by Crippen LogP contribution is -2.35. The average molecular weight is 466 g/mol. The van der Waals surface area contributed by atoms with Crippen molar-refractivity contribution >= 4 is 33.0 Å². The summed E-state index contributed by atoms with van der Waals surface area (Å²) in [7, 11) is -1.73. The maximum Gasteiger partial charge on any atom is 0.243 e. The maximum absolute atomic E-state index is 13.1. The lowest BCUT2D eigenvalue weighted by atomic mass is 10.2. The lowest BCUT2D eigenvalue weighted by molar-refractivity contribution is -0.117. The van der Waals surface area contributed by atoms with Crippen LogP contribution in [0.3, 0.4) is 0 Å². The number of carbonyl (C=O) groups excluding carboxylic acids is 1. The molecule has 3 rings (SSSR count). The minimum absolute atomic E-state index is 0.110.